The zero-order valence-corrected chi connectivity index (χ0v) is 19.1. The lowest BCUT2D eigenvalue weighted by molar-refractivity contribution is -0.140. The number of carbonyl (C=O) groups excluding carboxylic acids is 2. The number of benzene rings is 2. The van der Waals surface area contributed by atoms with E-state index in [4.69, 9.17) is 9.47 Å². The second kappa shape index (κ2) is 8.99. The number of H-pyrrole nitrogens is 1. The number of aliphatic hydroxyl groups is 1. The summed E-state index contributed by atoms with van der Waals surface area (Å²) in [5, 5.41) is 12.1. The molecule has 8 heteroatoms. The Morgan fingerprint density at radius 3 is 2.52 bits per heavy atom. The van der Waals surface area contributed by atoms with Crippen LogP contribution in [0.1, 0.15) is 17.2 Å². The predicted molar refractivity (Wildman–Crippen MR) is 125 cm³/mol. The molecule has 2 N–H and O–H groups in total. The van der Waals surface area contributed by atoms with Gasteiger partial charge >= 0.3 is 0 Å². The summed E-state index contributed by atoms with van der Waals surface area (Å²) in [6, 6.07) is 12.0. The van der Waals surface area contributed by atoms with E-state index in [0.29, 0.717) is 35.7 Å². The van der Waals surface area contributed by atoms with Gasteiger partial charge in [-0.3, -0.25) is 9.59 Å². The number of aromatic amines is 1. The number of para-hydroxylation sites is 1. The number of likely N-dealkylation sites (N-methyl/N-ethyl adjacent to an activating group) is 1. The molecular weight excluding hydrogens is 422 g/mol. The van der Waals surface area contributed by atoms with Gasteiger partial charge in [-0.1, -0.05) is 24.3 Å². The van der Waals surface area contributed by atoms with Crippen molar-refractivity contribution in [2.75, 3.05) is 41.4 Å². The summed E-state index contributed by atoms with van der Waals surface area (Å²) in [5.74, 6) is -0.560. The van der Waals surface area contributed by atoms with Gasteiger partial charge in [0.15, 0.2) is 11.5 Å². The Labute approximate surface area is 192 Å². The highest BCUT2D eigenvalue weighted by Gasteiger charge is 2.46. The summed E-state index contributed by atoms with van der Waals surface area (Å²) in [5.41, 5.74) is 1.99. The highest BCUT2D eigenvalue weighted by atomic mass is 16.5. The molecule has 1 amide bonds. The molecule has 0 bridgehead atoms. The van der Waals surface area contributed by atoms with Crippen molar-refractivity contribution in [1.29, 1.82) is 0 Å². The van der Waals surface area contributed by atoms with Gasteiger partial charge in [-0.25, -0.2) is 0 Å². The zero-order valence-electron chi connectivity index (χ0n) is 19.1. The molecular formula is C25H27N3O5. The Balaban J connectivity index is 1.91. The minimum absolute atomic E-state index is 0.0516. The Morgan fingerprint density at radius 1 is 1.09 bits per heavy atom. The Morgan fingerprint density at radius 2 is 1.82 bits per heavy atom. The number of aromatic nitrogens is 1. The molecule has 1 fully saturated rings. The molecule has 4 rings (SSSR count). The number of carbonyl (C=O) groups is 2. The number of nitrogens with zero attached hydrogens (tertiary/aromatic N) is 2. The number of amides is 1. The standard InChI is InChI=1S/C25H27N3O5/c1-27(2)11-12-28-22(15-9-10-19(32-3)20(13-15)33-4)21(24(30)25(28)31)23(29)17-14-26-18-8-6-5-7-16(17)18/h5-10,13-14,22,26,29H,11-12H2,1-4H3/t22-/m1/s1. The van der Waals surface area contributed by atoms with Crippen molar-refractivity contribution >= 4 is 28.4 Å². The molecule has 0 aliphatic carbocycles. The highest BCUT2D eigenvalue weighted by molar-refractivity contribution is 6.46. The fraction of sp³-hybridized carbons (Fsp3) is 0.280. The van der Waals surface area contributed by atoms with Crippen molar-refractivity contribution < 1.29 is 24.2 Å². The van der Waals surface area contributed by atoms with Crippen LogP contribution in [0.5, 0.6) is 11.5 Å². The van der Waals surface area contributed by atoms with Crippen molar-refractivity contribution in [2.24, 2.45) is 0 Å². The van der Waals surface area contributed by atoms with Crippen molar-refractivity contribution in [1.82, 2.24) is 14.8 Å². The molecule has 1 atom stereocenters. The van der Waals surface area contributed by atoms with Crippen LogP contribution in [-0.4, -0.2) is 73.0 Å². The Hall–Kier alpha value is -3.78. The maximum absolute atomic E-state index is 13.2. The number of ether oxygens (including phenoxy) is 2. The molecule has 8 nitrogen and oxygen atoms in total. The number of nitrogens with one attached hydrogen (secondary N) is 1. The SMILES string of the molecule is COc1ccc([C@@H]2C(=C(O)c3c[nH]c4ccccc34)C(=O)C(=O)N2CCN(C)C)cc1OC. The van der Waals surface area contributed by atoms with Gasteiger partial charge in [0.25, 0.3) is 11.7 Å². The average Bonchev–Trinajstić information content (AvgIpc) is 3.36. The summed E-state index contributed by atoms with van der Waals surface area (Å²) in [7, 11) is 6.86. The number of likely N-dealkylation sites (tertiary alicyclic amines) is 1. The van der Waals surface area contributed by atoms with Crippen molar-refractivity contribution in [3.05, 3.63) is 65.4 Å². The third-order valence-corrected chi connectivity index (χ3v) is 5.90. The quantitative estimate of drug-likeness (QED) is 0.327. The van der Waals surface area contributed by atoms with E-state index in [0.717, 1.165) is 10.9 Å². The van der Waals surface area contributed by atoms with Crippen LogP contribution in [0.25, 0.3) is 16.7 Å². The monoisotopic (exact) mass is 449 g/mol. The van der Waals surface area contributed by atoms with Gasteiger partial charge in [0.2, 0.25) is 0 Å². The van der Waals surface area contributed by atoms with Gasteiger partial charge in [-0.2, -0.15) is 0 Å². The third kappa shape index (κ3) is 3.93. The summed E-state index contributed by atoms with van der Waals surface area (Å²) in [6.45, 7) is 0.880. The Kier molecular flexibility index (Phi) is 6.11. The number of rotatable bonds is 7. The first-order chi connectivity index (χ1) is 15.9. The van der Waals surface area contributed by atoms with Crippen LogP contribution in [0.15, 0.2) is 54.2 Å². The number of fused-ring (bicyclic) bond motifs is 1. The van der Waals surface area contributed by atoms with Gasteiger partial charge in [0, 0.05) is 35.8 Å². The van der Waals surface area contributed by atoms with Crippen LogP contribution in [0.4, 0.5) is 0 Å². The van der Waals surface area contributed by atoms with E-state index in [-0.39, 0.29) is 11.3 Å². The molecule has 172 valence electrons. The summed E-state index contributed by atoms with van der Waals surface area (Å²) in [6.07, 6.45) is 1.65. The third-order valence-electron chi connectivity index (χ3n) is 5.90. The largest absolute Gasteiger partial charge is 0.507 e. The first kappa shape index (κ1) is 22.4. The molecule has 1 saturated heterocycles. The maximum Gasteiger partial charge on any atom is 0.295 e. The lowest BCUT2D eigenvalue weighted by Gasteiger charge is -2.27. The maximum atomic E-state index is 13.2. The van der Waals surface area contributed by atoms with Crippen LogP contribution in [0.2, 0.25) is 0 Å². The summed E-state index contributed by atoms with van der Waals surface area (Å²) < 4.78 is 10.8. The molecule has 1 aliphatic heterocycles. The van der Waals surface area contributed by atoms with Crippen LogP contribution < -0.4 is 9.47 Å². The highest BCUT2D eigenvalue weighted by Crippen LogP contribution is 2.42. The molecule has 33 heavy (non-hydrogen) atoms. The van der Waals surface area contributed by atoms with E-state index < -0.39 is 17.7 Å². The molecule has 1 aliphatic rings. The van der Waals surface area contributed by atoms with E-state index in [1.165, 1.54) is 19.1 Å². The smallest absolute Gasteiger partial charge is 0.295 e. The molecule has 0 unspecified atom stereocenters. The number of Topliss-reactive ketones (excluding diaryl/α,β-unsaturated/α-hetero) is 1. The minimum Gasteiger partial charge on any atom is -0.507 e. The van der Waals surface area contributed by atoms with E-state index in [1.54, 1.807) is 24.4 Å². The lowest BCUT2D eigenvalue weighted by atomic mass is 9.95. The molecule has 2 heterocycles. The van der Waals surface area contributed by atoms with E-state index in [9.17, 15) is 14.7 Å². The first-order valence-electron chi connectivity index (χ1n) is 10.6. The van der Waals surface area contributed by atoms with Gasteiger partial charge < -0.3 is 29.4 Å². The van der Waals surface area contributed by atoms with Crippen LogP contribution >= 0.6 is 0 Å². The van der Waals surface area contributed by atoms with Crippen LogP contribution in [0, 0.1) is 0 Å². The summed E-state index contributed by atoms with van der Waals surface area (Å²) in [4.78, 5) is 32.8. The zero-order chi connectivity index (χ0) is 23.7. The number of ketones is 1. The number of methoxy groups -OCH3 is 2. The summed E-state index contributed by atoms with van der Waals surface area (Å²) >= 11 is 0. The molecule has 3 aromatic rings. The van der Waals surface area contributed by atoms with E-state index in [1.807, 2.05) is 43.3 Å². The van der Waals surface area contributed by atoms with Crippen molar-refractivity contribution in [3.8, 4) is 11.5 Å². The second-order valence-corrected chi connectivity index (χ2v) is 8.16. The van der Waals surface area contributed by atoms with Gasteiger partial charge in [-0.15, -0.1) is 0 Å². The van der Waals surface area contributed by atoms with Crippen molar-refractivity contribution in [3.63, 3.8) is 0 Å². The Bertz CT molecular complexity index is 1240. The molecule has 0 radical (unpaired) electrons. The number of hydrogen-bond donors (Lipinski definition) is 2. The van der Waals surface area contributed by atoms with Crippen LogP contribution in [-0.2, 0) is 9.59 Å². The fourth-order valence-electron chi connectivity index (χ4n) is 4.20. The molecule has 2 aromatic carbocycles. The molecule has 1 aromatic heterocycles. The molecule has 0 saturated carbocycles. The van der Waals surface area contributed by atoms with Gasteiger partial charge in [0.1, 0.15) is 5.76 Å². The van der Waals surface area contributed by atoms with E-state index >= 15 is 0 Å². The average molecular weight is 450 g/mol. The predicted octanol–water partition coefficient (Wildman–Crippen LogP) is 3.17. The van der Waals surface area contributed by atoms with E-state index in [2.05, 4.69) is 4.98 Å². The molecule has 0 spiro atoms. The van der Waals surface area contributed by atoms with Crippen molar-refractivity contribution in [2.45, 2.75) is 6.04 Å². The van der Waals surface area contributed by atoms with Gasteiger partial charge in [-0.05, 0) is 37.9 Å². The van der Waals surface area contributed by atoms with Gasteiger partial charge in [0.05, 0.1) is 25.8 Å². The topological polar surface area (TPSA) is 95.1 Å². The minimum atomic E-state index is -0.765. The number of aliphatic hydroxyl groups excluding tert-OH is 1. The first-order valence-corrected chi connectivity index (χ1v) is 10.6. The van der Waals surface area contributed by atoms with Crippen LogP contribution in [0.3, 0.4) is 0 Å². The lowest BCUT2D eigenvalue weighted by Crippen LogP contribution is -2.35. The fourth-order valence-corrected chi connectivity index (χ4v) is 4.20. The number of hydrogen-bond acceptors (Lipinski definition) is 6. The second-order valence-electron chi connectivity index (χ2n) is 8.16. The normalized spacial score (nSPS) is 17.8.